The van der Waals surface area contributed by atoms with Crippen LogP contribution in [0.25, 0.3) is 0 Å². The molecule has 2 fully saturated rings. The van der Waals surface area contributed by atoms with E-state index in [0.29, 0.717) is 12.5 Å². The lowest BCUT2D eigenvalue weighted by atomic mass is 9.88. The van der Waals surface area contributed by atoms with Crippen molar-refractivity contribution in [2.24, 2.45) is 5.92 Å². The third kappa shape index (κ3) is 2.52. The van der Waals surface area contributed by atoms with E-state index in [2.05, 4.69) is 29.6 Å². The molecule has 3 heteroatoms. The molecular weight excluding hydrogens is 238 g/mol. The number of hydrogen-bond donors (Lipinski definition) is 2. The predicted octanol–water partition coefficient (Wildman–Crippen LogP) is 3.08. The molecule has 0 amide bonds. The molecule has 1 saturated carbocycles. The first-order chi connectivity index (χ1) is 9.25. The normalized spacial score (nSPS) is 27.8. The van der Waals surface area contributed by atoms with Crippen molar-refractivity contribution in [3.8, 4) is 0 Å². The van der Waals surface area contributed by atoms with E-state index in [1.54, 1.807) is 0 Å². The Kier molecular flexibility index (Phi) is 3.56. The smallest absolute Gasteiger partial charge is 0.307 e. The summed E-state index contributed by atoms with van der Waals surface area (Å²) in [6, 6.07) is 8.82. The monoisotopic (exact) mass is 259 g/mol. The summed E-state index contributed by atoms with van der Waals surface area (Å²) in [5.74, 6) is -0.225. The van der Waals surface area contributed by atoms with Crippen molar-refractivity contribution in [2.75, 3.05) is 6.54 Å². The molecule has 102 valence electrons. The molecule has 1 aromatic rings. The number of nitrogens with one attached hydrogen (secondary N) is 1. The zero-order valence-electron chi connectivity index (χ0n) is 11.1. The molecule has 2 aliphatic rings. The predicted molar refractivity (Wildman–Crippen MR) is 74.1 cm³/mol. The van der Waals surface area contributed by atoms with Gasteiger partial charge in [0.2, 0.25) is 0 Å². The molecule has 2 N–H and O–H groups in total. The van der Waals surface area contributed by atoms with E-state index in [9.17, 15) is 4.79 Å². The van der Waals surface area contributed by atoms with Crippen molar-refractivity contribution in [3.05, 3.63) is 35.4 Å². The lowest BCUT2D eigenvalue weighted by molar-refractivity contribution is -0.141. The Balaban J connectivity index is 1.83. The van der Waals surface area contributed by atoms with E-state index < -0.39 is 5.97 Å². The van der Waals surface area contributed by atoms with Crippen molar-refractivity contribution >= 4 is 5.97 Å². The van der Waals surface area contributed by atoms with Crippen LogP contribution in [0.15, 0.2) is 24.3 Å². The average Bonchev–Trinajstić information content (AvgIpc) is 3.10. The number of hydrogen-bond acceptors (Lipinski definition) is 2. The summed E-state index contributed by atoms with van der Waals surface area (Å²) in [4.78, 5) is 11.1. The van der Waals surface area contributed by atoms with Crippen molar-refractivity contribution in [1.82, 2.24) is 5.32 Å². The number of benzene rings is 1. The zero-order valence-corrected chi connectivity index (χ0v) is 11.1. The minimum Gasteiger partial charge on any atom is -0.481 e. The highest BCUT2D eigenvalue weighted by molar-refractivity contribution is 5.70. The third-order valence-electron chi connectivity index (χ3n) is 4.65. The molecule has 0 spiro atoms. The molecule has 3 nitrogen and oxygen atoms in total. The third-order valence-corrected chi connectivity index (χ3v) is 4.65. The van der Waals surface area contributed by atoms with Gasteiger partial charge >= 0.3 is 5.97 Å². The Hall–Kier alpha value is -1.35. The van der Waals surface area contributed by atoms with Crippen LogP contribution in [0.4, 0.5) is 0 Å². The Labute approximate surface area is 114 Å². The van der Waals surface area contributed by atoms with Gasteiger partial charge in [0.15, 0.2) is 0 Å². The van der Waals surface area contributed by atoms with Gasteiger partial charge in [-0.25, -0.2) is 0 Å². The van der Waals surface area contributed by atoms with Crippen LogP contribution in [0, 0.1) is 5.92 Å². The van der Waals surface area contributed by atoms with Gasteiger partial charge in [-0.2, -0.15) is 0 Å². The van der Waals surface area contributed by atoms with Gasteiger partial charge in [0.1, 0.15) is 0 Å². The number of carboxylic acids is 1. The summed E-state index contributed by atoms with van der Waals surface area (Å²) in [6.07, 6.45) is 5.95. The van der Waals surface area contributed by atoms with Gasteiger partial charge in [0.05, 0.1) is 5.92 Å². The van der Waals surface area contributed by atoms with Gasteiger partial charge in [-0.1, -0.05) is 37.1 Å². The molecule has 1 saturated heterocycles. The molecule has 2 unspecified atom stereocenters. The van der Waals surface area contributed by atoms with Gasteiger partial charge in [-0.3, -0.25) is 4.79 Å². The van der Waals surface area contributed by atoms with Crippen molar-refractivity contribution < 1.29 is 9.90 Å². The minimum absolute atomic E-state index is 0.220. The fourth-order valence-corrected chi connectivity index (χ4v) is 3.60. The van der Waals surface area contributed by atoms with Gasteiger partial charge in [0, 0.05) is 12.6 Å². The topological polar surface area (TPSA) is 49.3 Å². The molecule has 19 heavy (non-hydrogen) atoms. The first-order valence-corrected chi connectivity index (χ1v) is 7.30. The van der Waals surface area contributed by atoms with Crippen LogP contribution < -0.4 is 5.32 Å². The zero-order chi connectivity index (χ0) is 13.2. The van der Waals surface area contributed by atoms with Crippen molar-refractivity contribution in [3.63, 3.8) is 0 Å². The first-order valence-electron chi connectivity index (χ1n) is 7.30. The molecule has 1 heterocycles. The van der Waals surface area contributed by atoms with E-state index in [-0.39, 0.29) is 12.0 Å². The van der Waals surface area contributed by atoms with Gasteiger partial charge in [-0.05, 0) is 36.3 Å². The summed E-state index contributed by atoms with van der Waals surface area (Å²) in [5.41, 5.74) is 2.78. The van der Waals surface area contributed by atoms with Crippen LogP contribution >= 0.6 is 0 Å². The minimum atomic E-state index is -0.673. The quantitative estimate of drug-likeness (QED) is 0.877. The average molecular weight is 259 g/mol. The largest absolute Gasteiger partial charge is 0.481 e. The fourth-order valence-electron chi connectivity index (χ4n) is 3.60. The molecule has 0 radical (unpaired) electrons. The molecule has 1 aliphatic heterocycles. The highest BCUT2D eigenvalue weighted by Crippen LogP contribution is 2.39. The Morgan fingerprint density at radius 2 is 1.84 bits per heavy atom. The maximum Gasteiger partial charge on any atom is 0.307 e. The van der Waals surface area contributed by atoms with Crippen LogP contribution in [-0.4, -0.2) is 17.6 Å². The second-order valence-electron chi connectivity index (χ2n) is 5.84. The SMILES string of the molecule is O=C(O)C1CNC(c2ccccc2C2CCCC2)C1. The summed E-state index contributed by atoms with van der Waals surface area (Å²) in [5, 5.41) is 12.5. The summed E-state index contributed by atoms with van der Waals surface area (Å²) in [6.45, 7) is 0.596. The highest BCUT2D eigenvalue weighted by atomic mass is 16.4. The summed E-state index contributed by atoms with van der Waals surface area (Å²) < 4.78 is 0. The van der Waals surface area contributed by atoms with Gasteiger partial charge < -0.3 is 10.4 Å². The summed E-state index contributed by atoms with van der Waals surface area (Å²) >= 11 is 0. The van der Waals surface area contributed by atoms with Gasteiger partial charge in [0.25, 0.3) is 0 Å². The fraction of sp³-hybridized carbons (Fsp3) is 0.562. The first kappa shape index (κ1) is 12.7. The van der Waals surface area contributed by atoms with E-state index in [4.69, 9.17) is 5.11 Å². The van der Waals surface area contributed by atoms with E-state index in [0.717, 1.165) is 6.42 Å². The highest BCUT2D eigenvalue weighted by Gasteiger charge is 2.32. The number of carbonyl (C=O) groups is 1. The van der Waals surface area contributed by atoms with E-state index in [1.807, 2.05) is 0 Å². The molecular formula is C16H21NO2. The second kappa shape index (κ2) is 5.33. The van der Waals surface area contributed by atoms with E-state index >= 15 is 0 Å². The summed E-state index contributed by atoms with van der Waals surface area (Å²) in [7, 11) is 0. The van der Waals surface area contributed by atoms with Crippen molar-refractivity contribution in [2.45, 2.75) is 44.1 Å². The second-order valence-corrected chi connectivity index (χ2v) is 5.84. The number of aliphatic carboxylic acids is 1. The molecule has 2 atom stereocenters. The van der Waals surface area contributed by atoms with Crippen LogP contribution in [0.1, 0.15) is 55.2 Å². The Morgan fingerprint density at radius 1 is 1.16 bits per heavy atom. The Morgan fingerprint density at radius 3 is 2.47 bits per heavy atom. The molecule has 1 aliphatic carbocycles. The maximum atomic E-state index is 11.1. The van der Waals surface area contributed by atoms with Crippen LogP contribution in [0.5, 0.6) is 0 Å². The van der Waals surface area contributed by atoms with Crippen LogP contribution in [0.2, 0.25) is 0 Å². The molecule has 1 aromatic carbocycles. The number of rotatable bonds is 3. The maximum absolute atomic E-state index is 11.1. The molecule has 3 rings (SSSR count). The van der Waals surface area contributed by atoms with Crippen molar-refractivity contribution in [1.29, 1.82) is 0 Å². The molecule has 0 bridgehead atoms. The number of carboxylic acid groups (broad SMARTS) is 1. The standard InChI is InChI=1S/C16H21NO2/c18-16(19)12-9-15(17-10-12)14-8-4-3-7-13(14)11-5-1-2-6-11/h3-4,7-8,11-12,15,17H,1-2,5-6,9-10H2,(H,18,19). The van der Waals surface area contributed by atoms with Crippen LogP contribution in [0.3, 0.4) is 0 Å². The molecule has 0 aromatic heterocycles. The Bertz CT molecular complexity index is 466. The van der Waals surface area contributed by atoms with Gasteiger partial charge in [-0.15, -0.1) is 0 Å². The van der Waals surface area contributed by atoms with Crippen LogP contribution in [-0.2, 0) is 4.79 Å². The van der Waals surface area contributed by atoms with E-state index in [1.165, 1.54) is 36.8 Å². The lowest BCUT2D eigenvalue weighted by Crippen LogP contribution is -2.18. The lowest BCUT2D eigenvalue weighted by Gasteiger charge is -2.20.